The van der Waals surface area contributed by atoms with Crippen LogP contribution >= 0.6 is 24.0 Å². The molecule has 1 N–H and O–H groups in total. The van der Waals surface area contributed by atoms with Crippen molar-refractivity contribution in [3.05, 3.63) is 48.1 Å². The van der Waals surface area contributed by atoms with Crippen LogP contribution in [-0.2, 0) is 15.8 Å². The molecule has 0 atom stereocenters. The zero-order valence-corrected chi connectivity index (χ0v) is 20.4. The van der Waals surface area contributed by atoms with Crippen LogP contribution in [0, 0.1) is 5.82 Å². The first-order valence-electron chi connectivity index (χ1n) is 9.76. The molecule has 1 aromatic heterocycles. The minimum Gasteiger partial charge on any atom is -0.492 e. The summed E-state index contributed by atoms with van der Waals surface area (Å²) in [5.41, 5.74) is 0.394. The highest BCUT2D eigenvalue weighted by atomic mass is 127. The molecule has 1 fully saturated rings. The highest BCUT2D eigenvalue weighted by Crippen LogP contribution is 2.13. The van der Waals surface area contributed by atoms with Gasteiger partial charge in [0.15, 0.2) is 5.96 Å². The van der Waals surface area contributed by atoms with Crippen LogP contribution in [0.4, 0.5) is 4.39 Å². The Morgan fingerprint density at radius 2 is 2.06 bits per heavy atom. The van der Waals surface area contributed by atoms with E-state index in [1.54, 1.807) is 18.2 Å². The number of hydrogen-bond donors (Lipinski definition) is 1. The summed E-state index contributed by atoms with van der Waals surface area (Å²) < 4.78 is 50.0. The van der Waals surface area contributed by atoms with Gasteiger partial charge >= 0.3 is 0 Å². The third kappa shape index (κ3) is 7.61. The molecule has 0 saturated carbocycles. The Kier molecular flexibility index (Phi) is 9.96. The van der Waals surface area contributed by atoms with E-state index in [1.807, 2.05) is 11.8 Å². The van der Waals surface area contributed by atoms with Crippen LogP contribution in [0.1, 0.15) is 12.6 Å². The maximum absolute atomic E-state index is 13.2. The second-order valence-corrected chi connectivity index (χ2v) is 8.64. The number of nitrogens with zero attached hydrogens (tertiary/aromatic N) is 4. The molecule has 1 aliphatic rings. The maximum atomic E-state index is 13.2. The number of piperazine rings is 1. The van der Waals surface area contributed by atoms with Crippen molar-refractivity contribution in [3.8, 4) is 5.75 Å². The average Bonchev–Trinajstić information content (AvgIpc) is 3.23. The van der Waals surface area contributed by atoms with Gasteiger partial charge in [-0.3, -0.25) is 0 Å². The molecule has 9 nitrogen and oxygen atoms in total. The van der Waals surface area contributed by atoms with E-state index in [1.165, 1.54) is 22.7 Å². The lowest BCUT2D eigenvalue weighted by Gasteiger charge is -2.35. The molecule has 2 heterocycles. The van der Waals surface area contributed by atoms with Crippen LogP contribution in [-0.4, -0.2) is 74.6 Å². The van der Waals surface area contributed by atoms with Gasteiger partial charge in [-0.2, -0.15) is 4.31 Å². The summed E-state index contributed by atoms with van der Waals surface area (Å²) in [6.45, 7) is 5.14. The number of ether oxygens (including phenoxy) is 1. The van der Waals surface area contributed by atoms with Crippen molar-refractivity contribution in [1.82, 2.24) is 19.7 Å². The topological polar surface area (TPSA) is 100 Å². The molecule has 0 spiro atoms. The third-order valence-corrected chi connectivity index (χ3v) is 6.32. The average molecular weight is 567 g/mol. The molecule has 172 valence electrons. The van der Waals surface area contributed by atoms with E-state index in [0.29, 0.717) is 63.3 Å². The standard InChI is InChI=1S/C19H26FN5O4S.HI/c1-2-21-19(22-7-13-28-18-5-3-4-16(20)14-18)24-8-10-25(11-9-24)30(26,27)15-17-6-12-29-23-17;/h3-6,12,14H,2,7-11,13,15H2,1H3,(H,21,22);1H. The molecule has 0 aliphatic carbocycles. The van der Waals surface area contributed by atoms with Crippen molar-refractivity contribution in [3.63, 3.8) is 0 Å². The zero-order valence-electron chi connectivity index (χ0n) is 17.2. The molecule has 12 heteroatoms. The molecule has 31 heavy (non-hydrogen) atoms. The van der Waals surface area contributed by atoms with E-state index in [0.717, 1.165) is 0 Å². The van der Waals surface area contributed by atoms with Crippen LogP contribution < -0.4 is 10.1 Å². The molecule has 1 aliphatic heterocycles. The smallest absolute Gasteiger partial charge is 0.220 e. The van der Waals surface area contributed by atoms with E-state index < -0.39 is 10.0 Å². The Balaban J connectivity index is 0.00000341. The van der Waals surface area contributed by atoms with Crippen molar-refractivity contribution >= 4 is 40.0 Å². The normalized spacial score (nSPS) is 15.4. The number of guanidine groups is 1. The van der Waals surface area contributed by atoms with Gasteiger partial charge in [0.25, 0.3) is 0 Å². The molecule has 0 amide bonds. The Bertz CT molecular complexity index is 935. The number of benzene rings is 1. The number of aliphatic imine (C=N–C) groups is 1. The second kappa shape index (κ2) is 12.2. The lowest BCUT2D eigenvalue weighted by Crippen LogP contribution is -2.54. The van der Waals surface area contributed by atoms with E-state index in [2.05, 4.69) is 15.5 Å². The van der Waals surface area contributed by atoms with Crippen LogP contribution in [0.15, 0.2) is 46.1 Å². The summed E-state index contributed by atoms with van der Waals surface area (Å²) in [7, 11) is -3.45. The second-order valence-electron chi connectivity index (χ2n) is 6.67. The Morgan fingerprint density at radius 1 is 1.29 bits per heavy atom. The molecule has 2 aromatic rings. The fourth-order valence-corrected chi connectivity index (χ4v) is 4.49. The first-order chi connectivity index (χ1) is 14.5. The summed E-state index contributed by atoms with van der Waals surface area (Å²) >= 11 is 0. The number of halogens is 2. The summed E-state index contributed by atoms with van der Waals surface area (Å²) in [5, 5.41) is 6.90. The van der Waals surface area contributed by atoms with E-state index in [4.69, 9.17) is 9.26 Å². The van der Waals surface area contributed by atoms with Crippen molar-refractivity contribution in [2.45, 2.75) is 12.7 Å². The van der Waals surface area contributed by atoms with Crippen LogP contribution in [0.5, 0.6) is 5.75 Å². The fourth-order valence-electron chi connectivity index (χ4n) is 3.07. The van der Waals surface area contributed by atoms with Gasteiger partial charge in [-0.25, -0.2) is 17.8 Å². The monoisotopic (exact) mass is 567 g/mol. The van der Waals surface area contributed by atoms with Gasteiger partial charge in [0.05, 0.1) is 12.2 Å². The first kappa shape index (κ1) is 25.3. The van der Waals surface area contributed by atoms with E-state index in [-0.39, 0.29) is 35.5 Å². The fraction of sp³-hybridized carbons (Fsp3) is 0.474. The van der Waals surface area contributed by atoms with E-state index >= 15 is 0 Å². The summed E-state index contributed by atoms with van der Waals surface area (Å²) in [6.07, 6.45) is 1.36. The molecule has 3 rings (SSSR count). The third-order valence-electron chi connectivity index (χ3n) is 4.51. The van der Waals surface area contributed by atoms with Crippen LogP contribution in [0.2, 0.25) is 0 Å². The number of aromatic nitrogens is 1. The lowest BCUT2D eigenvalue weighted by atomic mass is 10.3. The summed E-state index contributed by atoms with van der Waals surface area (Å²) in [5.74, 6) is 0.644. The number of hydrogen-bond acceptors (Lipinski definition) is 6. The lowest BCUT2D eigenvalue weighted by molar-refractivity contribution is 0.259. The van der Waals surface area contributed by atoms with Gasteiger partial charge in [0, 0.05) is 44.9 Å². The predicted molar refractivity (Wildman–Crippen MR) is 126 cm³/mol. The van der Waals surface area contributed by atoms with Crippen molar-refractivity contribution in [1.29, 1.82) is 0 Å². The molecule has 0 unspecified atom stereocenters. The van der Waals surface area contributed by atoms with Crippen molar-refractivity contribution < 1.29 is 22.1 Å². The summed E-state index contributed by atoms with van der Waals surface area (Å²) in [4.78, 5) is 6.57. The predicted octanol–water partition coefficient (Wildman–Crippen LogP) is 1.92. The molecule has 1 aromatic carbocycles. The SMILES string of the molecule is CCNC(=NCCOc1cccc(F)c1)N1CCN(S(=O)(=O)Cc2ccon2)CC1.I. The Hall–Kier alpha value is -1.93. The minimum absolute atomic E-state index is 0. The van der Waals surface area contributed by atoms with Gasteiger partial charge in [0.1, 0.15) is 30.2 Å². The molecule has 1 saturated heterocycles. The van der Waals surface area contributed by atoms with Crippen molar-refractivity contribution in [2.24, 2.45) is 4.99 Å². The largest absolute Gasteiger partial charge is 0.492 e. The van der Waals surface area contributed by atoms with Gasteiger partial charge in [-0.1, -0.05) is 11.2 Å². The Morgan fingerprint density at radius 3 is 2.71 bits per heavy atom. The Labute approximate surface area is 198 Å². The first-order valence-corrected chi connectivity index (χ1v) is 11.4. The van der Waals surface area contributed by atoms with Crippen LogP contribution in [0.3, 0.4) is 0 Å². The number of rotatable bonds is 8. The molecule has 0 bridgehead atoms. The highest BCUT2D eigenvalue weighted by molar-refractivity contribution is 14.0. The van der Waals surface area contributed by atoms with E-state index in [9.17, 15) is 12.8 Å². The minimum atomic E-state index is -3.45. The van der Waals surface area contributed by atoms with Gasteiger partial charge in [0.2, 0.25) is 10.0 Å². The zero-order chi connectivity index (χ0) is 21.4. The van der Waals surface area contributed by atoms with Gasteiger partial charge in [-0.15, -0.1) is 24.0 Å². The van der Waals surface area contributed by atoms with Crippen LogP contribution in [0.25, 0.3) is 0 Å². The number of sulfonamides is 1. The maximum Gasteiger partial charge on any atom is 0.220 e. The van der Waals surface area contributed by atoms with Crippen molar-refractivity contribution in [2.75, 3.05) is 45.9 Å². The number of nitrogens with one attached hydrogen (secondary N) is 1. The highest BCUT2D eigenvalue weighted by Gasteiger charge is 2.28. The molecule has 0 radical (unpaired) electrons. The van der Waals surface area contributed by atoms with Gasteiger partial charge in [-0.05, 0) is 19.1 Å². The van der Waals surface area contributed by atoms with Gasteiger partial charge < -0.3 is 19.5 Å². The molecular formula is C19H27FIN5O4S. The quantitative estimate of drug-likeness (QED) is 0.225. The molecular weight excluding hydrogens is 540 g/mol. The summed E-state index contributed by atoms with van der Waals surface area (Å²) in [6, 6.07) is 7.52.